The van der Waals surface area contributed by atoms with E-state index in [1.807, 2.05) is 63.2 Å². The molecular formula is C24H24N2O4. The summed E-state index contributed by atoms with van der Waals surface area (Å²) in [5.74, 6) is -0.300. The molecule has 6 nitrogen and oxygen atoms in total. The Bertz CT molecular complexity index is 1200. The first-order chi connectivity index (χ1) is 14.4. The van der Waals surface area contributed by atoms with Crippen LogP contribution in [0.1, 0.15) is 42.0 Å². The van der Waals surface area contributed by atoms with Gasteiger partial charge in [-0.05, 0) is 42.5 Å². The van der Waals surface area contributed by atoms with Crippen LogP contribution >= 0.6 is 0 Å². The summed E-state index contributed by atoms with van der Waals surface area (Å²) in [7, 11) is 0. The van der Waals surface area contributed by atoms with E-state index >= 15 is 0 Å². The molecule has 1 atom stereocenters. The fraction of sp³-hybridized carbons (Fsp3) is 0.292. The molecule has 1 saturated heterocycles. The fourth-order valence-corrected chi connectivity index (χ4v) is 4.20. The van der Waals surface area contributed by atoms with E-state index in [2.05, 4.69) is 5.32 Å². The van der Waals surface area contributed by atoms with Crippen LogP contribution in [0.25, 0.3) is 11.0 Å². The average Bonchev–Trinajstić information content (AvgIpc) is 2.97. The highest BCUT2D eigenvalue weighted by Gasteiger charge is 2.51. The third-order valence-corrected chi connectivity index (χ3v) is 5.91. The first kappa shape index (κ1) is 19.9. The Kier molecular flexibility index (Phi) is 4.94. The topological polar surface area (TPSA) is 79.6 Å². The van der Waals surface area contributed by atoms with Crippen molar-refractivity contribution in [3.63, 3.8) is 0 Å². The molecule has 3 amide bonds. The first-order valence-corrected chi connectivity index (χ1v) is 10.1. The van der Waals surface area contributed by atoms with Gasteiger partial charge >= 0.3 is 11.7 Å². The molecule has 1 N–H and O–H groups in total. The number of imide groups is 1. The second-order valence-corrected chi connectivity index (χ2v) is 7.82. The van der Waals surface area contributed by atoms with Gasteiger partial charge in [-0.15, -0.1) is 0 Å². The van der Waals surface area contributed by atoms with Crippen molar-refractivity contribution in [2.24, 2.45) is 0 Å². The van der Waals surface area contributed by atoms with E-state index in [1.54, 1.807) is 0 Å². The predicted octanol–water partition coefficient (Wildman–Crippen LogP) is 4.16. The van der Waals surface area contributed by atoms with Gasteiger partial charge in [-0.1, -0.05) is 55.8 Å². The van der Waals surface area contributed by atoms with Crippen molar-refractivity contribution in [3.05, 3.63) is 81.2 Å². The number of nitrogens with one attached hydrogen (secondary N) is 1. The third kappa shape index (κ3) is 3.09. The number of urea groups is 1. The van der Waals surface area contributed by atoms with Gasteiger partial charge in [0, 0.05) is 11.5 Å². The quantitative estimate of drug-likeness (QED) is 0.512. The summed E-state index contributed by atoms with van der Waals surface area (Å²) < 4.78 is 5.42. The smallest absolute Gasteiger partial charge is 0.336 e. The number of rotatable bonds is 5. The van der Waals surface area contributed by atoms with E-state index in [0.29, 0.717) is 17.6 Å². The van der Waals surface area contributed by atoms with Crippen LogP contribution in [0.4, 0.5) is 4.79 Å². The standard InChI is InChI=1S/C24H24N2O4/c1-4-12-24(18-8-6-5-7-9-18)22(28)26(23(29)25-24)14-17-13-20(27)30-21-16(3)15(2)10-11-19(17)21/h5-11,13H,4,12,14H2,1-3H3,(H,25,29). The SMILES string of the molecule is CCCC1(c2ccccc2)NC(=O)N(Cc2cc(=O)oc3c(C)c(C)ccc23)C1=O. The van der Waals surface area contributed by atoms with Gasteiger partial charge in [0.25, 0.3) is 5.91 Å². The van der Waals surface area contributed by atoms with Gasteiger partial charge in [0.05, 0.1) is 6.54 Å². The van der Waals surface area contributed by atoms with Crippen molar-refractivity contribution >= 4 is 22.9 Å². The van der Waals surface area contributed by atoms with Crippen LogP contribution in [-0.2, 0) is 16.9 Å². The van der Waals surface area contributed by atoms with Crippen LogP contribution in [0.15, 0.2) is 57.7 Å². The minimum Gasteiger partial charge on any atom is -0.422 e. The first-order valence-electron chi connectivity index (χ1n) is 10.1. The number of carbonyl (C=O) groups excluding carboxylic acids is 2. The number of carbonyl (C=O) groups is 2. The van der Waals surface area contributed by atoms with Gasteiger partial charge in [-0.2, -0.15) is 0 Å². The van der Waals surface area contributed by atoms with Crippen LogP contribution in [0.3, 0.4) is 0 Å². The van der Waals surface area contributed by atoms with Crippen LogP contribution < -0.4 is 10.9 Å². The number of fused-ring (bicyclic) bond motifs is 1. The number of hydrogen-bond donors (Lipinski definition) is 1. The van der Waals surface area contributed by atoms with E-state index in [9.17, 15) is 14.4 Å². The molecule has 1 fully saturated rings. The van der Waals surface area contributed by atoms with Crippen molar-refractivity contribution in [1.29, 1.82) is 0 Å². The second-order valence-electron chi connectivity index (χ2n) is 7.82. The van der Waals surface area contributed by atoms with E-state index in [0.717, 1.165) is 28.5 Å². The van der Waals surface area contributed by atoms with Crippen molar-refractivity contribution in [1.82, 2.24) is 10.2 Å². The number of benzene rings is 2. The van der Waals surface area contributed by atoms with Crippen LogP contribution in [0.2, 0.25) is 0 Å². The Balaban J connectivity index is 1.78. The molecule has 0 radical (unpaired) electrons. The van der Waals surface area contributed by atoms with Gasteiger partial charge in [0.15, 0.2) is 0 Å². The molecule has 0 aliphatic carbocycles. The lowest BCUT2D eigenvalue weighted by Gasteiger charge is -2.27. The average molecular weight is 404 g/mol. The summed E-state index contributed by atoms with van der Waals surface area (Å²) in [6.07, 6.45) is 1.22. The molecule has 1 aliphatic heterocycles. The van der Waals surface area contributed by atoms with Crippen LogP contribution in [-0.4, -0.2) is 16.8 Å². The Morgan fingerprint density at radius 2 is 1.77 bits per heavy atom. The zero-order valence-electron chi connectivity index (χ0n) is 17.3. The summed E-state index contributed by atoms with van der Waals surface area (Å²) in [6, 6.07) is 14.0. The van der Waals surface area contributed by atoms with Gasteiger partial charge in [0.2, 0.25) is 0 Å². The summed E-state index contributed by atoms with van der Waals surface area (Å²) >= 11 is 0. The maximum absolute atomic E-state index is 13.5. The minimum absolute atomic E-state index is 0.00751. The van der Waals surface area contributed by atoms with E-state index < -0.39 is 17.2 Å². The number of hydrogen-bond acceptors (Lipinski definition) is 4. The molecular weight excluding hydrogens is 380 g/mol. The van der Waals surface area contributed by atoms with Crippen molar-refractivity contribution in [2.75, 3.05) is 0 Å². The molecule has 3 aromatic rings. The molecule has 1 aromatic heterocycles. The lowest BCUT2D eigenvalue weighted by Crippen LogP contribution is -2.43. The largest absolute Gasteiger partial charge is 0.422 e. The predicted molar refractivity (Wildman–Crippen MR) is 114 cm³/mol. The molecule has 154 valence electrons. The van der Waals surface area contributed by atoms with E-state index in [4.69, 9.17) is 4.42 Å². The summed E-state index contributed by atoms with van der Waals surface area (Å²) in [5.41, 5.74) is 2.13. The van der Waals surface area contributed by atoms with Crippen LogP contribution in [0, 0.1) is 13.8 Å². The van der Waals surface area contributed by atoms with E-state index in [1.165, 1.54) is 11.0 Å². The number of nitrogens with zero attached hydrogens (tertiary/aromatic N) is 1. The van der Waals surface area contributed by atoms with Gasteiger partial charge in [-0.3, -0.25) is 9.69 Å². The molecule has 1 unspecified atom stereocenters. The van der Waals surface area contributed by atoms with Crippen molar-refractivity contribution in [2.45, 2.75) is 45.7 Å². The lowest BCUT2D eigenvalue weighted by atomic mass is 9.85. The fourth-order valence-electron chi connectivity index (χ4n) is 4.20. The Morgan fingerprint density at radius 1 is 1.03 bits per heavy atom. The van der Waals surface area contributed by atoms with Gasteiger partial charge < -0.3 is 9.73 Å². The molecule has 4 rings (SSSR count). The minimum atomic E-state index is -1.09. The van der Waals surface area contributed by atoms with Crippen LogP contribution in [0.5, 0.6) is 0 Å². The summed E-state index contributed by atoms with van der Waals surface area (Å²) in [6.45, 7) is 5.82. The Hall–Kier alpha value is -3.41. The molecule has 0 spiro atoms. The molecule has 0 bridgehead atoms. The maximum Gasteiger partial charge on any atom is 0.336 e. The van der Waals surface area contributed by atoms with Crippen molar-refractivity contribution < 1.29 is 14.0 Å². The molecule has 0 saturated carbocycles. The molecule has 2 heterocycles. The molecule has 1 aliphatic rings. The van der Waals surface area contributed by atoms with Gasteiger partial charge in [-0.25, -0.2) is 9.59 Å². The summed E-state index contributed by atoms with van der Waals surface area (Å²) in [4.78, 5) is 39.8. The number of amides is 3. The normalized spacial score (nSPS) is 18.8. The highest BCUT2D eigenvalue weighted by Crippen LogP contribution is 2.35. The zero-order chi connectivity index (χ0) is 21.5. The molecule has 30 heavy (non-hydrogen) atoms. The zero-order valence-corrected chi connectivity index (χ0v) is 17.3. The Labute approximate surface area is 174 Å². The highest BCUT2D eigenvalue weighted by molar-refractivity contribution is 6.07. The van der Waals surface area contributed by atoms with Gasteiger partial charge in [0.1, 0.15) is 11.1 Å². The third-order valence-electron chi connectivity index (χ3n) is 5.91. The maximum atomic E-state index is 13.5. The van der Waals surface area contributed by atoms with E-state index in [-0.39, 0.29) is 12.5 Å². The van der Waals surface area contributed by atoms with Crippen molar-refractivity contribution in [3.8, 4) is 0 Å². The second kappa shape index (κ2) is 7.44. The number of aryl methyl sites for hydroxylation is 2. The molecule has 2 aromatic carbocycles. The summed E-state index contributed by atoms with van der Waals surface area (Å²) in [5, 5.41) is 3.65. The molecule has 6 heteroatoms. The Morgan fingerprint density at radius 3 is 2.47 bits per heavy atom. The lowest BCUT2D eigenvalue weighted by molar-refractivity contribution is -0.132. The highest BCUT2D eigenvalue weighted by atomic mass is 16.4. The monoisotopic (exact) mass is 404 g/mol.